The van der Waals surface area contributed by atoms with E-state index in [2.05, 4.69) is 36.6 Å². The van der Waals surface area contributed by atoms with E-state index in [4.69, 9.17) is 24.2 Å². The number of nitrogens with one attached hydrogen (secondary N) is 2. The van der Waals surface area contributed by atoms with E-state index in [-0.39, 0.29) is 12.0 Å². The lowest BCUT2D eigenvalue weighted by molar-refractivity contribution is -0.180. The van der Waals surface area contributed by atoms with Crippen LogP contribution in [0.3, 0.4) is 0 Å². The van der Waals surface area contributed by atoms with E-state index < -0.39 is 16.6 Å². The van der Waals surface area contributed by atoms with Crippen LogP contribution in [0.5, 0.6) is 0 Å². The summed E-state index contributed by atoms with van der Waals surface area (Å²) in [5.41, 5.74) is 2.28. The second-order valence-electron chi connectivity index (χ2n) is 14.6. The molecular weight excluding hydrogens is 566 g/mol. The normalized spacial score (nSPS) is 21.0. The monoisotopic (exact) mass is 619 g/mol. The van der Waals surface area contributed by atoms with E-state index in [1.54, 1.807) is 13.8 Å². The molecule has 0 radical (unpaired) electrons. The average molecular weight is 620 g/mol. The van der Waals surface area contributed by atoms with Crippen molar-refractivity contribution in [1.82, 2.24) is 15.3 Å². The molecule has 45 heavy (non-hydrogen) atoms. The molecule has 9 heteroatoms. The Kier molecular flexibility index (Phi) is 11.6. The summed E-state index contributed by atoms with van der Waals surface area (Å²) in [6, 6.07) is 11.3. The molecule has 2 aliphatic rings. The number of anilines is 1. The van der Waals surface area contributed by atoms with Gasteiger partial charge in [-0.1, -0.05) is 6.07 Å². The van der Waals surface area contributed by atoms with Crippen molar-refractivity contribution >= 4 is 11.8 Å². The fourth-order valence-electron chi connectivity index (χ4n) is 6.06. The Morgan fingerprint density at radius 2 is 1.87 bits per heavy atom. The van der Waals surface area contributed by atoms with Crippen LogP contribution in [-0.4, -0.2) is 65.6 Å². The molecule has 1 aliphatic carbocycles. The Morgan fingerprint density at radius 3 is 2.53 bits per heavy atom. The van der Waals surface area contributed by atoms with Crippen LogP contribution >= 0.6 is 0 Å². The molecule has 2 aromatic rings. The van der Waals surface area contributed by atoms with Gasteiger partial charge in [0.15, 0.2) is 5.60 Å². The number of aryl methyl sites for hydroxylation is 1. The van der Waals surface area contributed by atoms with Gasteiger partial charge in [-0.25, -0.2) is 9.78 Å². The second kappa shape index (κ2) is 15.0. The first kappa shape index (κ1) is 34.8. The molecule has 0 unspecified atom stereocenters. The molecular formula is C36H53N5O4. The minimum atomic E-state index is -0.987. The molecule has 2 aromatic heterocycles. The lowest BCUT2D eigenvalue weighted by atomic mass is 9.82. The van der Waals surface area contributed by atoms with Gasteiger partial charge in [-0.15, -0.1) is 0 Å². The van der Waals surface area contributed by atoms with Crippen LogP contribution in [-0.2, 0) is 25.4 Å². The molecule has 1 saturated heterocycles. The number of rotatable bonds is 12. The van der Waals surface area contributed by atoms with Crippen molar-refractivity contribution < 1.29 is 19.0 Å². The molecule has 0 bridgehead atoms. The van der Waals surface area contributed by atoms with Crippen molar-refractivity contribution in [1.29, 1.82) is 5.26 Å². The highest BCUT2D eigenvalue weighted by molar-refractivity contribution is 5.78. The molecule has 4 rings (SSSR count). The van der Waals surface area contributed by atoms with Crippen LogP contribution in [0.15, 0.2) is 30.5 Å². The van der Waals surface area contributed by atoms with Crippen LogP contribution in [0.1, 0.15) is 91.3 Å². The van der Waals surface area contributed by atoms with E-state index in [9.17, 15) is 10.1 Å². The van der Waals surface area contributed by atoms with Gasteiger partial charge < -0.3 is 24.8 Å². The number of aromatic nitrogens is 2. The number of carbonyl (C=O) groups excluding carboxylic acids is 1. The molecule has 2 N–H and O–H groups in total. The summed E-state index contributed by atoms with van der Waals surface area (Å²) in [7, 11) is 0. The van der Waals surface area contributed by atoms with E-state index in [1.807, 2.05) is 45.2 Å². The Balaban J connectivity index is 1.27. The second-order valence-corrected chi connectivity index (χ2v) is 14.6. The number of carbonyl (C=O) groups is 1. The van der Waals surface area contributed by atoms with Gasteiger partial charge in [-0.2, -0.15) is 5.26 Å². The molecule has 246 valence electrons. The van der Waals surface area contributed by atoms with Gasteiger partial charge in [-0.3, -0.25) is 4.98 Å². The SMILES string of the molecule is Cc1cnc(CC2CCC(N[C@@H](C)COC(C)(C)C(=O)OC(C)(C)C)CC2)cc1-c1cccc(NCC2(C#N)CCOCC2)n1. The Bertz CT molecular complexity index is 1320. The molecule has 0 aromatic carbocycles. The summed E-state index contributed by atoms with van der Waals surface area (Å²) in [5.74, 6) is 1.03. The highest BCUT2D eigenvalue weighted by atomic mass is 16.6. The van der Waals surface area contributed by atoms with Crippen molar-refractivity contribution in [3.8, 4) is 17.3 Å². The van der Waals surface area contributed by atoms with Crippen LogP contribution in [0.2, 0.25) is 0 Å². The Hall–Kier alpha value is -3.06. The number of hydrogen-bond donors (Lipinski definition) is 2. The first-order chi connectivity index (χ1) is 21.3. The molecule has 0 amide bonds. The van der Waals surface area contributed by atoms with Crippen molar-refractivity contribution in [3.63, 3.8) is 0 Å². The van der Waals surface area contributed by atoms with Gasteiger partial charge in [0.05, 0.1) is 23.8 Å². The first-order valence-corrected chi connectivity index (χ1v) is 16.6. The maximum absolute atomic E-state index is 12.5. The minimum Gasteiger partial charge on any atom is -0.458 e. The van der Waals surface area contributed by atoms with Gasteiger partial charge in [0.2, 0.25) is 0 Å². The summed E-state index contributed by atoms with van der Waals surface area (Å²) < 4.78 is 17.0. The van der Waals surface area contributed by atoms with Crippen molar-refractivity contribution in [3.05, 3.63) is 41.7 Å². The van der Waals surface area contributed by atoms with Gasteiger partial charge in [-0.05, 0) is 123 Å². The lowest BCUT2D eigenvalue weighted by Crippen LogP contribution is -2.46. The molecule has 1 aliphatic heterocycles. The van der Waals surface area contributed by atoms with E-state index in [0.29, 0.717) is 38.3 Å². The molecule has 9 nitrogen and oxygen atoms in total. The standard InChI is InChI=1S/C36H53N5O4/c1-25-21-38-29(20-30(25)31-9-8-10-32(41-31)39-24-36(23-37)15-17-43-18-16-36)19-27-11-13-28(14-12-27)40-26(2)22-44-35(6,7)33(42)45-34(3,4)5/h8-10,20-21,26-28,40H,11-19,22,24H2,1-7H3,(H,39,41)/t26-,27?,28?/m0/s1. The van der Waals surface area contributed by atoms with E-state index >= 15 is 0 Å². The van der Waals surface area contributed by atoms with Crippen LogP contribution in [0.4, 0.5) is 5.82 Å². The zero-order valence-electron chi connectivity index (χ0n) is 28.4. The molecule has 3 heterocycles. The summed E-state index contributed by atoms with van der Waals surface area (Å²) in [4.78, 5) is 22.2. The van der Waals surface area contributed by atoms with Crippen molar-refractivity contribution in [2.24, 2.45) is 11.3 Å². The molecule has 2 fully saturated rings. The van der Waals surface area contributed by atoms with E-state index in [1.165, 1.54) is 0 Å². The zero-order chi connectivity index (χ0) is 32.7. The fraction of sp³-hybridized carbons (Fsp3) is 0.667. The van der Waals surface area contributed by atoms with Crippen molar-refractivity contribution in [2.75, 3.05) is 31.7 Å². The summed E-state index contributed by atoms with van der Waals surface area (Å²) >= 11 is 0. The maximum Gasteiger partial charge on any atom is 0.338 e. The maximum atomic E-state index is 12.5. The van der Waals surface area contributed by atoms with Gasteiger partial charge in [0, 0.05) is 49.3 Å². The predicted octanol–water partition coefficient (Wildman–Crippen LogP) is 6.40. The highest BCUT2D eigenvalue weighted by Gasteiger charge is 2.35. The number of hydrogen-bond acceptors (Lipinski definition) is 9. The fourth-order valence-corrected chi connectivity index (χ4v) is 6.06. The largest absolute Gasteiger partial charge is 0.458 e. The summed E-state index contributed by atoms with van der Waals surface area (Å²) in [5, 5.41) is 16.9. The number of nitrogens with zero attached hydrogens (tertiary/aromatic N) is 3. The van der Waals surface area contributed by atoms with E-state index in [0.717, 1.165) is 73.3 Å². The van der Waals surface area contributed by atoms with Crippen LogP contribution in [0.25, 0.3) is 11.3 Å². The lowest BCUT2D eigenvalue weighted by Gasteiger charge is -2.33. The third-order valence-corrected chi connectivity index (χ3v) is 8.93. The van der Waals surface area contributed by atoms with Gasteiger partial charge in [0.1, 0.15) is 11.4 Å². The van der Waals surface area contributed by atoms with Gasteiger partial charge >= 0.3 is 5.97 Å². The summed E-state index contributed by atoms with van der Waals surface area (Å²) in [6.45, 7) is 15.6. The first-order valence-electron chi connectivity index (χ1n) is 16.6. The Labute approximate surface area is 269 Å². The zero-order valence-corrected chi connectivity index (χ0v) is 28.4. The van der Waals surface area contributed by atoms with Crippen LogP contribution < -0.4 is 10.6 Å². The number of pyridine rings is 2. The number of esters is 1. The average Bonchev–Trinajstić information content (AvgIpc) is 3.01. The summed E-state index contributed by atoms with van der Waals surface area (Å²) in [6.07, 6.45) is 8.89. The topological polar surface area (TPSA) is 118 Å². The number of ether oxygens (including phenoxy) is 3. The predicted molar refractivity (Wildman–Crippen MR) is 177 cm³/mol. The molecule has 0 spiro atoms. The highest BCUT2D eigenvalue weighted by Crippen LogP contribution is 2.32. The third kappa shape index (κ3) is 10.2. The minimum absolute atomic E-state index is 0.134. The van der Waals surface area contributed by atoms with Gasteiger partial charge in [0.25, 0.3) is 0 Å². The van der Waals surface area contributed by atoms with Crippen molar-refractivity contribution in [2.45, 2.75) is 117 Å². The smallest absolute Gasteiger partial charge is 0.338 e. The molecule has 1 saturated carbocycles. The number of nitriles is 1. The van der Waals surface area contributed by atoms with Crippen LogP contribution in [0, 0.1) is 29.6 Å². The quantitative estimate of drug-likeness (QED) is 0.260. The Morgan fingerprint density at radius 1 is 1.16 bits per heavy atom. The third-order valence-electron chi connectivity index (χ3n) is 8.93. The molecule has 1 atom stereocenters.